The first-order valence-electron chi connectivity index (χ1n) is 8.47. The molecule has 1 fully saturated rings. The predicted molar refractivity (Wildman–Crippen MR) is 95.5 cm³/mol. The lowest BCUT2D eigenvalue weighted by Crippen LogP contribution is -2.36. The number of nitrogens with one attached hydrogen (secondary N) is 1. The minimum atomic E-state index is 0.516. The van der Waals surface area contributed by atoms with Crippen LogP contribution >= 0.6 is 0 Å². The van der Waals surface area contributed by atoms with Crippen molar-refractivity contribution >= 4 is 11.6 Å². The van der Waals surface area contributed by atoms with Gasteiger partial charge in [-0.3, -0.25) is 4.99 Å². The topological polar surface area (TPSA) is 53.6 Å². The molecule has 0 bridgehead atoms. The van der Waals surface area contributed by atoms with Crippen molar-refractivity contribution < 1.29 is 0 Å². The number of piperidine rings is 1. The third kappa shape index (κ3) is 5.02. The van der Waals surface area contributed by atoms with Gasteiger partial charge in [0, 0.05) is 18.8 Å². The van der Waals surface area contributed by atoms with Crippen LogP contribution in [0.1, 0.15) is 45.1 Å². The SMILES string of the molecule is CCN1CCCC(CN=C(N)Nc2cccc(C(C)C)c2)C1. The number of likely N-dealkylation sites (tertiary alicyclic amines) is 1. The number of anilines is 1. The van der Waals surface area contributed by atoms with E-state index in [1.807, 2.05) is 6.07 Å². The van der Waals surface area contributed by atoms with Crippen LogP contribution in [-0.2, 0) is 0 Å². The van der Waals surface area contributed by atoms with E-state index in [0.717, 1.165) is 25.3 Å². The Morgan fingerprint density at radius 1 is 1.45 bits per heavy atom. The molecule has 3 N–H and O–H groups in total. The summed E-state index contributed by atoms with van der Waals surface area (Å²) in [5.74, 6) is 1.67. The van der Waals surface area contributed by atoms with Crippen LogP contribution in [0.15, 0.2) is 29.3 Å². The monoisotopic (exact) mass is 302 g/mol. The number of hydrogen-bond donors (Lipinski definition) is 2. The second-order valence-electron chi connectivity index (χ2n) is 6.53. The second kappa shape index (κ2) is 8.18. The third-order valence-electron chi connectivity index (χ3n) is 4.40. The fraction of sp³-hybridized carbons (Fsp3) is 0.611. The van der Waals surface area contributed by atoms with E-state index in [1.165, 1.54) is 24.9 Å². The molecule has 0 aliphatic carbocycles. The highest BCUT2D eigenvalue weighted by Gasteiger charge is 2.18. The summed E-state index contributed by atoms with van der Waals surface area (Å²) in [6, 6.07) is 8.38. The molecule has 1 saturated heterocycles. The molecule has 1 unspecified atom stereocenters. The van der Waals surface area contributed by atoms with Crippen molar-refractivity contribution in [1.82, 2.24) is 4.90 Å². The summed E-state index contributed by atoms with van der Waals surface area (Å²) in [6.45, 7) is 10.9. The van der Waals surface area contributed by atoms with Crippen molar-refractivity contribution in [1.29, 1.82) is 0 Å². The molecule has 1 aromatic rings. The fourth-order valence-corrected chi connectivity index (χ4v) is 2.98. The van der Waals surface area contributed by atoms with Gasteiger partial charge in [0.15, 0.2) is 5.96 Å². The van der Waals surface area contributed by atoms with Gasteiger partial charge >= 0.3 is 0 Å². The van der Waals surface area contributed by atoms with Crippen molar-refractivity contribution in [3.8, 4) is 0 Å². The van der Waals surface area contributed by atoms with Crippen LogP contribution in [0.2, 0.25) is 0 Å². The quantitative estimate of drug-likeness (QED) is 0.648. The van der Waals surface area contributed by atoms with E-state index in [9.17, 15) is 0 Å². The van der Waals surface area contributed by atoms with Crippen molar-refractivity contribution in [2.45, 2.75) is 39.5 Å². The summed E-state index contributed by atoms with van der Waals surface area (Å²) in [5, 5.41) is 3.22. The van der Waals surface area contributed by atoms with Gasteiger partial charge in [-0.1, -0.05) is 32.9 Å². The maximum absolute atomic E-state index is 6.04. The van der Waals surface area contributed by atoms with Crippen LogP contribution in [0.5, 0.6) is 0 Å². The number of hydrogen-bond acceptors (Lipinski definition) is 2. The van der Waals surface area contributed by atoms with E-state index in [4.69, 9.17) is 5.73 Å². The molecule has 1 aliphatic rings. The Labute approximate surface area is 134 Å². The fourth-order valence-electron chi connectivity index (χ4n) is 2.98. The highest BCUT2D eigenvalue weighted by Crippen LogP contribution is 2.19. The maximum atomic E-state index is 6.04. The zero-order chi connectivity index (χ0) is 15.9. The summed E-state index contributed by atoms with van der Waals surface area (Å²) in [4.78, 5) is 7.04. The van der Waals surface area contributed by atoms with E-state index in [-0.39, 0.29) is 0 Å². The van der Waals surface area contributed by atoms with Crippen molar-refractivity contribution in [2.24, 2.45) is 16.6 Å². The molecular formula is C18H30N4. The largest absolute Gasteiger partial charge is 0.370 e. The molecule has 0 amide bonds. The minimum absolute atomic E-state index is 0.516. The van der Waals surface area contributed by atoms with Crippen LogP contribution in [-0.4, -0.2) is 37.0 Å². The summed E-state index contributed by atoms with van der Waals surface area (Å²) in [5.41, 5.74) is 8.37. The Morgan fingerprint density at radius 2 is 2.27 bits per heavy atom. The van der Waals surface area contributed by atoms with Gasteiger partial charge in [0.25, 0.3) is 0 Å². The molecule has 0 aromatic heterocycles. The number of nitrogens with two attached hydrogens (primary N) is 1. The van der Waals surface area contributed by atoms with E-state index in [1.54, 1.807) is 0 Å². The second-order valence-corrected chi connectivity index (χ2v) is 6.53. The van der Waals surface area contributed by atoms with Crippen LogP contribution in [0, 0.1) is 5.92 Å². The average Bonchev–Trinajstić information content (AvgIpc) is 2.53. The Balaban J connectivity index is 1.88. The molecule has 22 heavy (non-hydrogen) atoms. The maximum Gasteiger partial charge on any atom is 0.193 e. The van der Waals surface area contributed by atoms with Gasteiger partial charge in [-0.05, 0) is 55.5 Å². The summed E-state index contributed by atoms with van der Waals surface area (Å²) in [7, 11) is 0. The number of aliphatic imine (C=N–C) groups is 1. The smallest absolute Gasteiger partial charge is 0.193 e. The molecule has 4 nitrogen and oxygen atoms in total. The van der Waals surface area contributed by atoms with E-state index < -0.39 is 0 Å². The zero-order valence-corrected chi connectivity index (χ0v) is 14.2. The zero-order valence-electron chi connectivity index (χ0n) is 14.2. The minimum Gasteiger partial charge on any atom is -0.370 e. The Morgan fingerprint density at radius 3 is 3.00 bits per heavy atom. The molecular weight excluding hydrogens is 272 g/mol. The van der Waals surface area contributed by atoms with Crippen molar-refractivity contribution in [2.75, 3.05) is 31.5 Å². The lowest BCUT2D eigenvalue weighted by atomic mass is 9.98. The van der Waals surface area contributed by atoms with Crippen LogP contribution < -0.4 is 11.1 Å². The molecule has 0 spiro atoms. The van der Waals surface area contributed by atoms with Crippen LogP contribution in [0.25, 0.3) is 0 Å². The van der Waals surface area contributed by atoms with Crippen LogP contribution in [0.3, 0.4) is 0 Å². The van der Waals surface area contributed by atoms with Gasteiger partial charge in [0.2, 0.25) is 0 Å². The van der Waals surface area contributed by atoms with Gasteiger partial charge in [0.1, 0.15) is 0 Å². The number of nitrogens with zero attached hydrogens (tertiary/aromatic N) is 2. The molecule has 0 saturated carbocycles. The lowest BCUT2D eigenvalue weighted by Gasteiger charge is -2.30. The summed E-state index contributed by atoms with van der Waals surface area (Å²) < 4.78 is 0. The molecule has 4 heteroatoms. The highest BCUT2D eigenvalue weighted by molar-refractivity contribution is 5.92. The van der Waals surface area contributed by atoms with Gasteiger partial charge in [-0.25, -0.2) is 0 Å². The summed E-state index contributed by atoms with van der Waals surface area (Å²) >= 11 is 0. The molecule has 1 aliphatic heterocycles. The molecule has 1 heterocycles. The average molecular weight is 302 g/mol. The first kappa shape index (κ1) is 16.8. The van der Waals surface area contributed by atoms with Gasteiger partial charge < -0.3 is 16.0 Å². The number of guanidine groups is 1. The highest BCUT2D eigenvalue weighted by atomic mass is 15.1. The number of rotatable bonds is 5. The Kier molecular flexibility index (Phi) is 6.25. The van der Waals surface area contributed by atoms with E-state index in [0.29, 0.717) is 17.8 Å². The first-order chi connectivity index (χ1) is 10.6. The molecule has 1 atom stereocenters. The normalized spacial score (nSPS) is 20.4. The van der Waals surface area contributed by atoms with Crippen molar-refractivity contribution in [3.63, 3.8) is 0 Å². The third-order valence-corrected chi connectivity index (χ3v) is 4.40. The van der Waals surface area contributed by atoms with Crippen molar-refractivity contribution in [3.05, 3.63) is 29.8 Å². The Hall–Kier alpha value is -1.55. The molecule has 2 rings (SSSR count). The molecule has 0 radical (unpaired) electrons. The lowest BCUT2D eigenvalue weighted by molar-refractivity contribution is 0.187. The first-order valence-corrected chi connectivity index (χ1v) is 8.47. The molecule has 122 valence electrons. The Bertz CT molecular complexity index is 496. The van der Waals surface area contributed by atoms with Crippen LogP contribution in [0.4, 0.5) is 5.69 Å². The molecule has 1 aromatic carbocycles. The van der Waals surface area contributed by atoms with E-state index in [2.05, 4.69) is 54.2 Å². The van der Waals surface area contributed by atoms with Gasteiger partial charge in [0.05, 0.1) is 0 Å². The summed E-state index contributed by atoms with van der Waals surface area (Å²) in [6.07, 6.45) is 2.54. The standard InChI is InChI=1S/C18H30N4/c1-4-22-10-6-7-15(13-22)12-20-18(19)21-17-9-5-8-16(11-17)14(2)3/h5,8-9,11,14-15H,4,6-7,10,12-13H2,1-3H3,(H3,19,20,21). The van der Waals surface area contributed by atoms with E-state index >= 15 is 0 Å². The van der Waals surface area contributed by atoms with Gasteiger partial charge in [-0.2, -0.15) is 0 Å². The van der Waals surface area contributed by atoms with Gasteiger partial charge in [-0.15, -0.1) is 0 Å². The predicted octanol–water partition coefficient (Wildman–Crippen LogP) is 3.27. The number of benzene rings is 1.